The topological polar surface area (TPSA) is 69.9 Å². The maximum Gasteiger partial charge on any atom is 0.146 e. The Morgan fingerprint density at radius 2 is 1.87 bits per heavy atom. The molecule has 4 N–H and O–H groups in total. The highest BCUT2D eigenvalue weighted by molar-refractivity contribution is 5.40. The lowest BCUT2D eigenvalue weighted by Crippen LogP contribution is -2.16. The van der Waals surface area contributed by atoms with Crippen molar-refractivity contribution in [3.8, 4) is 0 Å². The number of aryl methyl sites for hydroxylation is 1. The van der Waals surface area contributed by atoms with E-state index in [1.807, 2.05) is 6.92 Å². The van der Waals surface area contributed by atoms with Crippen LogP contribution in [0.4, 0.5) is 5.82 Å². The van der Waals surface area contributed by atoms with E-state index < -0.39 is 0 Å². The average Bonchev–Trinajstić information content (AvgIpc) is 2.47. The van der Waals surface area contributed by atoms with Gasteiger partial charge in [0.15, 0.2) is 0 Å². The van der Waals surface area contributed by atoms with Crippen LogP contribution >= 0.6 is 0 Å². The molecule has 84 valence electrons. The smallest absolute Gasteiger partial charge is 0.146 e. The average molecular weight is 208 g/mol. The summed E-state index contributed by atoms with van der Waals surface area (Å²) >= 11 is 0. The number of imidazole rings is 1. The Balaban J connectivity index is 2.19. The van der Waals surface area contributed by atoms with Gasteiger partial charge in [-0.2, -0.15) is 0 Å². The van der Waals surface area contributed by atoms with E-state index >= 15 is 0 Å². The molecule has 0 bridgehead atoms. The summed E-state index contributed by atoms with van der Waals surface area (Å²) in [5, 5.41) is 0. The predicted molar refractivity (Wildman–Crippen MR) is 61.9 cm³/mol. The van der Waals surface area contributed by atoms with Crippen LogP contribution in [0.5, 0.6) is 0 Å². The summed E-state index contributed by atoms with van der Waals surface area (Å²) in [6, 6.07) is 0. The third kappa shape index (κ3) is 1.80. The van der Waals surface area contributed by atoms with Gasteiger partial charge in [0.05, 0.1) is 5.69 Å². The fourth-order valence-electron chi connectivity index (χ4n) is 2.42. The Labute approximate surface area is 90.6 Å². The van der Waals surface area contributed by atoms with E-state index in [2.05, 4.69) is 11.9 Å². The third-order valence-electron chi connectivity index (χ3n) is 3.56. The van der Waals surface area contributed by atoms with Gasteiger partial charge in [-0.3, -0.25) is 0 Å². The van der Waals surface area contributed by atoms with Gasteiger partial charge in [-0.25, -0.2) is 9.66 Å². The van der Waals surface area contributed by atoms with Gasteiger partial charge in [-0.15, -0.1) is 0 Å². The van der Waals surface area contributed by atoms with Crippen LogP contribution < -0.4 is 11.6 Å². The Hall–Kier alpha value is -1.19. The summed E-state index contributed by atoms with van der Waals surface area (Å²) in [6.07, 6.45) is 4.95. The number of rotatable bonds is 1. The number of hydrogen-bond donors (Lipinski definition) is 2. The molecule has 0 amide bonds. The third-order valence-corrected chi connectivity index (χ3v) is 3.56. The SMILES string of the molecule is Cc1nc(C2CCC(C)CC2)c(N)n1N. The van der Waals surface area contributed by atoms with Gasteiger partial charge in [0, 0.05) is 5.92 Å². The number of nitrogen functional groups attached to an aromatic ring is 2. The van der Waals surface area contributed by atoms with Crippen molar-refractivity contribution in [3.63, 3.8) is 0 Å². The summed E-state index contributed by atoms with van der Waals surface area (Å²) in [5.74, 6) is 8.59. The number of nitrogens with two attached hydrogens (primary N) is 2. The van der Waals surface area contributed by atoms with Crippen LogP contribution in [-0.4, -0.2) is 9.66 Å². The van der Waals surface area contributed by atoms with Crippen LogP contribution in [0.25, 0.3) is 0 Å². The van der Waals surface area contributed by atoms with Gasteiger partial charge in [-0.05, 0) is 25.7 Å². The highest BCUT2D eigenvalue weighted by Gasteiger charge is 2.24. The number of anilines is 1. The van der Waals surface area contributed by atoms with Gasteiger partial charge >= 0.3 is 0 Å². The normalized spacial score (nSPS) is 26.8. The standard InChI is InChI=1S/C11H20N4/c1-7-3-5-9(6-4-7)10-11(12)15(13)8(2)14-10/h7,9H,3-6,12-13H2,1-2H3. The molecule has 0 radical (unpaired) electrons. The van der Waals surface area contributed by atoms with Crippen LogP contribution in [0.3, 0.4) is 0 Å². The van der Waals surface area contributed by atoms with Gasteiger partial charge in [0.2, 0.25) is 0 Å². The monoisotopic (exact) mass is 208 g/mol. The zero-order chi connectivity index (χ0) is 11.0. The molecule has 0 aromatic carbocycles. The molecule has 0 atom stereocenters. The molecule has 0 saturated heterocycles. The molecule has 2 rings (SSSR count). The minimum absolute atomic E-state index is 0.518. The molecular weight excluding hydrogens is 188 g/mol. The summed E-state index contributed by atoms with van der Waals surface area (Å²) in [4.78, 5) is 4.47. The van der Waals surface area contributed by atoms with Gasteiger partial charge in [0.1, 0.15) is 11.6 Å². The van der Waals surface area contributed by atoms with E-state index in [9.17, 15) is 0 Å². The molecule has 1 heterocycles. The predicted octanol–water partition coefficient (Wildman–Crippen LogP) is 1.78. The lowest BCUT2D eigenvalue weighted by molar-refractivity contribution is 0.345. The highest BCUT2D eigenvalue weighted by Crippen LogP contribution is 2.36. The van der Waals surface area contributed by atoms with Crippen molar-refractivity contribution in [3.05, 3.63) is 11.5 Å². The second-order valence-electron chi connectivity index (χ2n) is 4.76. The minimum Gasteiger partial charge on any atom is -0.382 e. The van der Waals surface area contributed by atoms with E-state index in [4.69, 9.17) is 11.6 Å². The lowest BCUT2D eigenvalue weighted by Gasteiger charge is -2.25. The van der Waals surface area contributed by atoms with Crippen molar-refractivity contribution < 1.29 is 0 Å². The first-order valence-corrected chi connectivity index (χ1v) is 5.69. The van der Waals surface area contributed by atoms with Crippen LogP contribution in [-0.2, 0) is 0 Å². The van der Waals surface area contributed by atoms with E-state index in [0.29, 0.717) is 11.7 Å². The van der Waals surface area contributed by atoms with Crippen LogP contribution in [0, 0.1) is 12.8 Å². The van der Waals surface area contributed by atoms with E-state index in [1.165, 1.54) is 30.4 Å². The Bertz CT molecular complexity index is 348. The second kappa shape index (κ2) is 3.76. The highest BCUT2D eigenvalue weighted by atomic mass is 15.4. The van der Waals surface area contributed by atoms with Crippen molar-refractivity contribution in [1.82, 2.24) is 9.66 Å². The molecule has 4 nitrogen and oxygen atoms in total. The van der Waals surface area contributed by atoms with E-state index in [1.54, 1.807) is 0 Å². The fourth-order valence-corrected chi connectivity index (χ4v) is 2.42. The summed E-state index contributed by atoms with van der Waals surface area (Å²) in [6.45, 7) is 4.21. The molecule has 1 aliphatic carbocycles. The molecule has 1 fully saturated rings. The van der Waals surface area contributed by atoms with Crippen molar-refractivity contribution >= 4 is 5.82 Å². The molecule has 15 heavy (non-hydrogen) atoms. The molecule has 0 aliphatic heterocycles. The molecule has 0 spiro atoms. The van der Waals surface area contributed by atoms with Crippen molar-refractivity contribution in [1.29, 1.82) is 0 Å². The first kappa shape index (κ1) is 10.3. The largest absolute Gasteiger partial charge is 0.382 e. The number of nitrogens with zero attached hydrogens (tertiary/aromatic N) is 2. The first-order valence-electron chi connectivity index (χ1n) is 5.69. The van der Waals surface area contributed by atoms with Gasteiger partial charge < -0.3 is 11.6 Å². The summed E-state index contributed by atoms with van der Waals surface area (Å²) in [7, 11) is 0. The Kier molecular flexibility index (Phi) is 2.59. The van der Waals surface area contributed by atoms with Crippen molar-refractivity contribution in [2.45, 2.75) is 45.4 Å². The maximum atomic E-state index is 5.94. The van der Waals surface area contributed by atoms with Crippen molar-refractivity contribution in [2.24, 2.45) is 5.92 Å². The Morgan fingerprint density at radius 1 is 1.27 bits per heavy atom. The van der Waals surface area contributed by atoms with Gasteiger partial charge in [0.25, 0.3) is 0 Å². The van der Waals surface area contributed by atoms with Crippen LogP contribution in [0.1, 0.15) is 50.0 Å². The quantitative estimate of drug-likeness (QED) is 0.691. The summed E-state index contributed by atoms with van der Waals surface area (Å²) in [5.41, 5.74) is 6.96. The number of hydrogen-bond acceptors (Lipinski definition) is 3. The summed E-state index contributed by atoms with van der Waals surface area (Å²) < 4.78 is 1.49. The first-order chi connectivity index (χ1) is 7.09. The fraction of sp³-hybridized carbons (Fsp3) is 0.727. The molecule has 4 heteroatoms. The minimum atomic E-state index is 0.518. The van der Waals surface area contributed by atoms with E-state index in [-0.39, 0.29) is 0 Å². The molecule has 0 unspecified atom stereocenters. The number of aromatic nitrogens is 2. The maximum absolute atomic E-state index is 5.94. The zero-order valence-corrected chi connectivity index (χ0v) is 9.53. The van der Waals surface area contributed by atoms with Gasteiger partial charge in [-0.1, -0.05) is 19.8 Å². The second-order valence-corrected chi connectivity index (χ2v) is 4.76. The molecule has 1 aliphatic rings. The molecule has 1 saturated carbocycles. The molecule has 1 aromatic rings. The lowest BCUT2D eigenvalue weighted by atomic mass is 9.81. The van der Waals surface area contributed by atoms with E-state index in [0.717, 1.165) is 17.4 Å². The van der Waals surface area contributed by atoms with Crippen LogP contribution in [0.2, 0.25) is 0 Å². The van der Waals surface area contributed by atoms with Crippen molar-refractivity contribution in [2.75, 3.05) is 11.6 Å². The molecular formula is C11H20N4. The molecule has 1 aromatic heterocycles. The Morgan fingerprint density at radius 3 is 2.33 bits per heavy atom. The zero-order valence-electron chi connectivity index (χ0n) is 9.53. The van der Waals surface area contributed by atoms with Crippen LogP contribution in [0.15, 0.2) is 0 Å².